The molecule has 0 unspecified atom stereocenters. The second kappa shape index (κ2) is 9.32. The monoisotopic (exact) mass is 270 g/mol. The number of rotatable bonds is 8. The zero-order valence-corrected chi connectivity index (χ0v) is 12.5. The van der Waals surface area contributed by atoms with Gasteiger partial charge in [-0.1, -0.05) is 33.1 Å². The molecule has 0 saturated heterocycles. The Morgan fingerprint density at radius 3 is 2.42 bits per heavy atom. The summed E-state index contributed by atoms with van der Waals surface area (Å²) in [4.78, 5) is 14.2. The topological polar surface area (TPSA) is 52.6 Å². The second-order valence-corrected chi connectivity index (χ2v) is 5.57. The fraction of sp³-hybridized carbons (Fsp3) is 0.933. The fourth-order valence-electron chi connectivity index (χ4n) is 2.92. The Bertz CT molecular complexity index is 249. The highest BCUT2D eigenvalue weighted by Gasteiger charge is 2.23. The molecule has 4 heteroatoms. The minimum atomic E-state index is 0.104. The van der Waals surface area contributed by atoms with Crippen LogP contribution in [0.5, 0.6) is 0 Å². The maximum absolute atomic E-state index is 12.1. The molecule has 0 aromatic heterocycles. The van der Waals surface area contributed by atoms with E-state index >= 15 is 0 Å². The van der Waals surface area contributed by atoms with Gasteiger partial charge in [-0.15, -0.1) is 0 Å². The molecule has 0 bridgehead atoms. The summed E-state index contributed by atoms with van der Waals surface area (Å²) in [6.45, 7) is 5.37. The lowest BCUT2D eigenvalue weighted by molar-refractivity contribution is -0.123. The van der Waals surface area contributed by atoms with E-state index in [0.29, 0.717) is 19.1 Å². The molecule has 0 radical (unpaired) electrons. The van der Waals surface area contributed by atoms with Crippen molar-refractivity contribution in [1.29, 1.82) is 0 Å². The lowest BCUT2D eigenvalue weighted by Crippen LogP contribution is -2.47. The summed E-state index contributed by atoms with van der Waals surface area (Å²) in [5, 5.41) is 12.3. The number of carbonyl (C=O) groups excluding carboxylic acids is 1. The smallest absolute Gasteiger partial charge is 0.234 e. The molecule has 1 amide bonds. The van der Waals surface area contributed by atoms with Crippen LogP contribution in [0.25, 0.3) is 0 Å². The number of nitrogens with one attached hydrogen (secondary N) is 1. The highest BCUT2D eigenvalue weighted by molar-refractivity contribution is 5.78. The van der Waals surface area contributed by atoms with Crippen molar-refractivity contribution in [3.63, 3.8) is 0 Å². The molecule has 19 heavy (non-hydrogen) atoms. The minimum absolute atomic E-state index is 0.104. The van der Waals surface area contributed by atoms with Crippen LogP contribution in [0, 0.1) is 0 Å². The molecule has 2 N–H and O–H groups in total. The summed E-state index contributed by atoms with van der Waals surface area (Å²) in [5.74, 6) is 0.104. The normalized spacial score (nSPS) is 17.1. The third-order valence-electron chi connectivity index (χ3n) is 4.18. The predicted molar refractivity (Wildman–Crippen MR) is 78.0 cm³/mol. The number of amides is 1. The van der Waals surface area contributed by atoms with E-state index in [9.17, 15) is 9.90 Å². The van der Waals surface area contributed by atoms with Gasteiger partial charge in [-0.05, 0) is 25.7 Å². The average molecular weight is 270 g/mol. The van der Waals surface area contributed by atoms with Gasteiger partial charge in [-0.3, -0.25) is 9.69 Å². The Labute approximate surface area is 117 Å². The van der Waals surface area contributed by atoms with Crippen molar-refractivity contribution >= 4 is 5.91 Å². The van der Waals surface area contributed by atoms with Gasteiger partial charge >= 0.3 is 0 Å². The molecular formula is C15H30N2O2. The number of carbonyl (C=O) groups is 1. The molecule has 0 aliphatic heterocycles. The van der Waals surface area contributed by atoms with Gasteiger partial charge in [0.05, 0.1) is 13.2 Å². The Hall–Kier alpha value is -0.610. The van der Waals surface area contributed by atoms with E-state index in [-0.39, 0.29) is 18.6 Å². The lowest BCUT2D eigenvalue weighted by Gasteiger charge is -2.33. The molecule has 112 valence electrons. The first kappa shape index (κ1) is 16.4. The van der Waals surface area contributed by atoms with E-state index in [0.717, 1.165) is 25.7 Å². The molecule has 1 fully saturated rings. The van der Waals surface area contributed by atoms with Gasteiger partial charge in [0.1, 0.15) is 0 Å². The van der Waals surface area contributed by atoms with Crippen molar-refractivity contribution in [3.8, 4) is 0 Å². The van der Waals surface area contributed by atoms with E-state index < -0.39 is 0 Å². The van der Waals surface area contributed by atoms with Crippen LogP contribution >= 0.6 is 0 Å². The third-order valence-corrected chi connectivity index (χ3v) is 4.18. The van der Waals surface area contributed by atoms with Crippen molar-refractivity contribution in [3.05, 3.63) is 0 Å². The molecule has 1 aliphatic carbocycles. The minimum Gasteiger partial charge on any atom is -0.395 e. The molecule has 1 rings (SSSR count). The zero-order valence-electron chi connectivity index (χ0n) is 12.5. The molecule has 0 aromatic rings. The van der Waals surface area contributed by atoms with E-state index in [1.54, 1.807) is 0 Å². The second-order valence-electron chi connectivity index (χ2n) is 5.57. The van der Waals surface area contributed by atoms with Crippen LogP contribution in [0.15, 0.2) is 0 Å². The van der Waals surface area contributed by atoms with Crippen LogP contribution in [-0.2, 0) is 4.79 Å². The maximum Gasteiger partial charge on any atom is 0.234 e. The molecule has 1 saturated carbocycles. The van der Waals surface area contributed by atoms with Crippen LogP contribution in [-0.4, -0.2) is 47.7 Å². The quantitative estimate of drug-likeness (QED) is 0.708. The van der Waals surface area contributed by atoms with Crippen molar-refractivity contribution < 1.29 is 9.90 Å². The van der Waals surface area contributed by atoms with E-state index in [1.807, 2.05) is 0 Å². The van der Waals surface area contributed by atoms with Gasteiger partial charge < -0.3 is 10.4 Å². The maximum atomic E-state index is 12.1. The van der Waals surface area contributed by atoms with Crippen molar-refractivity contribution in [2.45, 2.75) is 70.9 Å². The van der Waals surface area contributed by atoms with Gasteiger partial charge in [0.2, 0.25) is 5.91 Å². The molecule has 0 atom stereocenters. The SMILES string of the molecule is CCC(CC)NC(=O)CN(CCO)C1CCCCC1. The van der Waals surface area contributed by atoms with Gasteiger partial charge in [0.25, 0.3) is 0 Å². The van der Waals surface area contributed by atoms with Gasteiger partial charge in [-0.2, -0.15) is 0 Å². The molecule has 0 spiro atoms. The van der Waals surface area contributed by atoms with Crippen LogP contribution in [0.3, 0.4) is 0 Å². The predicted octanol–water partition coefficient (Wildman–Crippen LogP) is 1.92. The first-order chi connectivity index (χ1) is 9.21. The largest absolute Gasteiger partial charge is 0.395 e. The van der Waals surface area contributed by atoms with Crippen molar-refractivity contribution in [2.24, 2.45) is 0 Å². The Morgan fingerprint density at radius 2 is 1.89 bits per heavy atom. The zero-order chi connectivity index (χ0) is 14.1. The Kier molecular flexibility index (Phi) is 8.07. The average Bonchev–Trinajstić information content (AvgIpc) is 2.45. The fourth-order valence-corrected chi connectivity index (χ4v) is 2.92. The molecule has 0 heterocycles. The van der Waals surface area contributed by atoms with E-state index in [4.69, 9.17) is 0 Å². The third kappa shape index (κ3) is 5.91. The van der Waals surface area contributed by atoms with Crippen LogP contribution < -0.4 is 5.32 Å². The van der Waals surface area contributed by atoms with Crippen LogP contribution in [0.2, 0.25) is 0 Å². The van der Waals surface area contributed by atoms with Crippen LogP contribution in [0.4, 0.5) is 0 Å². The molecular weight excluding hydrogens is 240 g/mol. The van der Waals surface area contributed by atoms with Gasteiger partial charge in [-0.25, -0.2) is 0 Å². The van der Waals surface area contributed by atoms with E-state index in [2.05, 4.69) is 24.1 Å². The number of hydrogen-bond acceptors (Lipinski definition) is 3. The highest BCUT2D eigenvalue weighted by Crippen LogP contribution is 2.22. The number of aliphatic hydroxyl groups excluding tert-OH is 1. The van der Waals surface area contributed by atoms with Crippen molar-refractivity contribution in [1.82, 2.24) is 10.2 Å². The highest BCUT2D eigenvalue weighted by atomic mass is 16.3. The number of nitrogens with zero attached hydrogens (tertiary/aromatic N) is 1. The van der Waals surface area contributed by atoms with Crippen LogP contribution in [0.1, 0.15) is 58.8 Å². The van der Waals surface area contributed by atoms with E-state index in [1.165, 1.54) is 19.3 Å². The summed E-state index contributed by atoms with van der Waals surface area (Å²) in [6, 6.07) is 0.767. The lowest BCUT2D eigenvalue weighted by atomic mass is 9.94. The Morgan fingerprint density at radius 1 is 1.26 bits per heavy atom. The summed E-state index contributed by atoms with van der Waals surface area (Å²) in [6.07, 6.45) is 8.10. The molecule has 0 aromatic carbocycles. The summed E-state index contributed by atoms with van der Waals surface area (Å²) < 4.78 is 0. The first-order valence-corrected chi connectivity index (χ1v) is 7.85. The summed E-state index contributed by atoms with van der Waals surface area (Å²) >= 11 is 0. The number of hydrogen-bond donors (Lipinski definition) is 2. The van der Waals surface area contributed by atoms with Crippen molar-refractivity contribution in [2.75, 3.05) is 19.7 Å². The molecule has 1 aliphatic rings. The summed E-state index contributed by atoms with van der Waals surface area (Å²) in [7, 11) is 0. The number of aliphatic hydroxyl groups is 1. The molecule has 4 nitrogen and oxygen atoms in total. The van der Waals surface area contributed by atoms with Gasteiger partial charge in [0.15, 0.2) is 0 Å². The Balaban J connectivity index is 2.44. The first-order valence-electron chi connectivity index (χ1n) is 7.85. The van der Waals surface area contributed by atoms with Gasteiger partial charge in [0, 0.05) is 18.6 Å². The summed E-state index contributed by atoms with van der Waals surface area (Å²) in [5.41, 5.74) is 0. The standard InChI is InChI=1S/C15H30N2O2/c1-3-13(4-2)16-15(19)12-17(10-11-18)14-8-6-5-7-9-14/h13-14,18H,3-12H2,1-2H3,(H,16,19).